The van der Waals surface area contributed by atoms with Crippen molar-refractivity contribution in [1.29, 1.82) is 0 Å². The molecule has 0 aliphatic rings. The highest BCUT2D eigenvalue weighted by Gasteiger charge is 2.15. The van der Waals surface area contributed by atoms with Crippen LogP contribution < -0.4 is 14.2 Å². The SMILES string of the molecule is COc1cc(CC(=O)c2ccc(C)cc2)cc(OC)c1OC. The maximum atomic E-state index is 12.4. The number of methoxy groups -OCH3 is 3. The van der Waals surface area contributed by atoms with Crippen molar-refractivity contribution in [2.45, 2.75) is 13.3 Å². The van der Waals surface area contributed by atoms with Crippen molar-refractivity contribution in [3.8, 4) is 17.2 Å². The number of carbonyl (C=O) groups excluding carboxylic acids is 1. The largest absolute Gasteiger partial charge is 0.493 e. The zero-order valence-corrected chi connectivity index (χ0v) is 13.3. The lowest BCUT2D eigenvalue weighted by Gasteiger charge is -2.14. The van der Waals surface area contributed by atoms with E-state index < -0.39 is 0 Å². The Morgan fingerprint density at radius 3 is 1.91 bits per heavy atom. The molecule has 0 N–H and O–H groups in total. The van der Waals surface area contributed by atoms with Crippen LogP contribution in [0, 0.1) is 6.92 Å². The molecule has 0 fully saturated rings. The lowest BCUT2D eigenvalue weighted by atomic mass is 10.0. The third-order valence-corrected chi connectivity index (χ3v) is 3.46. The van der Waals surface area contributed by atoms with Crippen molar-refractivity contribution in [3.63, 3.8) is 0 Å². The Kier molecular flexibility index (Phi) is 5.04. The van der Waals surface area contributed by atoms with E-state index in [0.717, 1.165) is 11.1 Å². The molecule has 2 rings (SSSR count). The molecule has 0 saturated carbocycles. The van der Waals surface area contributed by atoms with E-state index in [1.54, 1.807) is 33.5 Å². The number of hydrogen-bond donors (Lipinski definition) is 0. The summed E-state index contributed by atoms with van der Waals surface area (Å²) >= 11 is 0. The van der Waals surface area contributed by atoms with Crippen LogP contribution in [0.1, 0.15) is 21.5 Å². The minimum absolute atomic E-state index is 0.0503. The number of aryl methyl sites for hydroxylation is 1. The number of hydrogen-bond acceptors (Lipinski definition) is 4. The first-order chi connectivity index (χ1) is 10.6. The molecule has 0 unspecified atom stereocenters. The molecule has 0 heterocycles. The smallest absolute Gasteiger partial charge is 0.203 e. The second-order valence-corrected chi connectivity index (χ2v) is 5.00. The van der Waals surface area contributed by atoms with E-state index in [2.05, 4.69) is 0 Å². The van der Waals surface area contributed by atoms with Crippen molar-refractivity contribution in [2.24, 2.45) is 0 Å². The van der Waals surface area contributed by atoms with E-state index in [1.165, 1.54) is 0 Å². The topological polar surface area (TPSA) is 44.8 Å². The Morgan fingerprint density at radius 1 is 0.909 bits per heavy atom. The molecule has 0 aromatic heterocycles. The summed E-state index contributed by atoms with van der Waals surface area (Å²) in [5, 5.41) is 0. The fourth-order valence-electron chi connectivity index (χ4n) is 2.26. The molecule has 0 spiro atoms. The Bertz CT molecular complexity index is 634. The molecule has 22 heavy (non-hydrogen) atoms. The Labute approximate surface area is 130 Å². The van der Waals surface area contributed by atoms with Crippen molar-refractivity contribution >= 4 is 5.78 Å². The van der Waals surface area contributed by atoms with Gasteiger partial charge in [-0.3, -0.25) is 4.79 Å². The molecule has 4 nitrogen and oxygen atoms in total. The molecule has 0 bridgehead atoms. The first-order valence-electron chi connectivity index (χ1n) is 6.97. The average Bonchev–Trinajstić information content (AvgIpc) is 2.54. The van der Waals surface area contributed by atoms with Gasteiger partial charge < -0.3 is 14.2 Å². The Balaban J connectivity index is 2.29. The summed E-state index contributed by atoms with van der Waals surface area (Å²) in [7, 11) is 4.67. The highest BCUT2D eigenvalue weighted by molar-refractivity contribution is 5.97. The van der Waals surface area contributed by atoms with Gasteiger partial charge in [-0.1, -0.05) is 29.8 Å². The van der Waals surface area contributed by atoms with Gasteiger partial charge in [-0.25, -0.2) is 0 Å². The molecule has 0 aliphatic heterocycles. The Morgan fingerprint density at radius 2 is 1.45 bits per heavy atom. The number of ketones is 1. The maximum absolute atomic E-state index is 12.4. The van der Waals surface area contributed by atoms with Gasteiger partial charge in [0.05, 0.1) is 21.3 Å². The molecule has 0 saturated heterocycles. The predicted octanol–water partition coefficient (Wildman–Crippen LogP) is 3.45. The minimum atomic E-state index is 0.0503. The average molecular weight is 300 g/mol. The second-order valence-electron chi connectivity index (χ2n) is 5.00. The van der Waals surface area contributed by atoms with Crippen LogP contribution in [0.15, 0.2) is 36.4 Å². The molecular formula is C18H20O4. The van der Waals surface area contributed by atoms with E-state index in [-0.39, 0.29) is 12.2 Å². The van der Waals surface area contributed by atoms with Crippen LogP contribution in [0.4, 0.5) is 0 Å². The number of Topliss-reactive ketones (excluding diaryl/α,β-unsaturated/α-hetero) is 1. The molecule has 2 aromatic carbocycles. The van der Waals surface area contributed by atoms with Crippen LogP contribution in [0.5, 0.6) is 17.2 Å². The second kappa shape index (κ2) is 6.98. The summed E-state index contributed by atoms with van der Waals surface area (Å²) in [5.41, 5.74) is 2.64. The highest BCUT2D eigenvalue weighted by Crippen LogP contribution is 2.38. The van der Waals surface area contributed by atoms with Crippen molar-refractivity contribution in [3.05, 3.63) is 53.1 Å². The molecule has 116 valence electrons. The molecular weight excluding hydrogens is 280 g/mol. The normalized spacial score (nSPS) is 10.2. The van der Waals surface area contributed by atoms with Crippen molar-refractivity contribution < 1.29 is 19.0 Å². The summed E-state index contributed by atoms with van der Waals surface area (Å²) in [6, 6.07) is 11.1. The van der Waals surface area contributed by atoms with Crippen molar-refractivity contribution in [1.82, 2.24) is 0 Å². The summed E-state index contributed by atoms with van der Waals surface area (Å²) in [6.07, 6.45) is 0.278. The van der Waals surface area contributed by atoms with Gasteiger partial charge in [0, 0.05) is 12.0 Å². The van der Waals surface area contributed by atoms with Crippen LogP contribution in [-0.4, -0.2) is 27.1 Å². The number of carbonyl (C=O) groups is 1. The molecule has 0 atom stereocenters. The van der Waals surface area contributed by atoms with Gasteiger partial charge >= 0.3 is 0 Å². The van der Waals surface area contributed by atoms with Crippen LogP contribution in [0.25, 0.3) is 0 Å². The molecule has 0 aliphatic carbocycles. The molecule has 4 heteroatoms. The third-order valence-electron chi connectivity index (χ3n) is 3.46. The first kappa shape index (κ1) is 15.9. The van der Waals surface area contributed by atoms with Crippen LogP contribution in [0.3, 0.4) is 0 Å². The van der Waals surface area contributed by atoms with E-state index >= 15 is 0 Å². The van der Waals surface area contributed by atoms with E-state index in [4.69, 9.17) is 14.2 Å². The van der Waals surface area contributed by atoms with Gasteiger partial charge in [0.25, 0.3) is 0 Å². The first-order valence-corrected chi connectivity index (χ1v) is 6.97. The van der Waals surface area contributed by atoms with Crippen LogP contribution in [0.2, 0.25) is 0 Å². The van der Waals surface area contributed by atoms with Crippen molar-refractivity contribution in [2.75, 3.05) is 21.3 Å². The van der Waals surface area contributed by atoms with Gasteiger partial charge in [0.15, 0.2) is 17.3 Å². The van der Waals surface area contributed by atoms with E-state index in [0.29, 0.717) is 22.8 Å². The molecule has 0 amide bonds. The van der Waals surface area contributed by atoms with Gasteiger partial charge in [-0.2, -0.15) is 0 Å². The molecule has 0 radical (unpaired) electrons. The fraction of sp³-hybridized carbons (Fsp3) is 0.278. The van der Waals surface area contributed by atoms with Crippen LogP contribution in [-0.2, 0) is 6.42 Å². The van der Waals surface area contributed by atoms with E-state index in [9.17, 15) is 4.79 Å². The Hall–Kier alpha value is -2.49. The standard InChI is InChI=1S/C18H20O4/c1-12-5-7-14(8-6-12)15(19)9-13-10-16(20-2)18(22-4)17(11-13)21-3/h5-8,10-11H,9H2,1-4H3. The maximum Gasteiger partial charge on any atom is 0.203 e. The van der Waals surface area contributed by atoms with E-state index in [1.807, 2.05) is 31.2 Å². The summed E-state index contributed by atoms with van der Waals surface area (Å²) in [5.74, 6) is 1.67. The predicted molar refractivity (Wildman–Crippen MR) is 85.3 cm³/mol. The van der Waals surface area contributed by atoms with Gasteiger partial charge in [-0.05, 0) is 24.6 Å². The number of ether oxygens (including phenoxy) is 3. The van der Waals surface area contributed by atoms with Gasteiger partial charge in [-0.15, -0.1) is 0 Å². The molecule has 2 aromatic rings. The van der Waals surface area contributed by atoms with Gasteiger partial charge in [0.2, 0.25) is 5.75 Å². The monoisotopic (exact) mass is 300 g/mol. The lowest BCUT2D eigenvalue weighted by Crippen LogP contribution is -2.05. The van der Waals surface area contributed by atoms with Gasteiger partial charge in [0.1, 0.15) is 0 Å². The minimum Gasteiger partial charge on any atom is -0.493 e. The highest BCUT2D eigenvalue weighted by atomic mass is 16.5. The quantitative estimate of drug-likeness (QED) is 0.767. The summed E-state index contributed by atoms with van der Waals surface area (Å²) in [6.45, 7) is 1.99. The fourth-order valence-corrected chi connectivity index (χ4v) is 2.26. The zero-order chi connectivity index (χ0) is 16.1. The lowest BCUT2D eigenvalue weighted by molar-refractivity contribution is 0.0993. The number of rotatable bonds is 6. The summed E-state index contributed by atoms with van der Waals surface area (Å²) in [4.78, 5) is 12.4. The number of benzene rings is 2. The zero-order valence-electron chi connectivity index (χ0n) is 13.3. The van der Waals surface area contributed by atoms with Crippen LogP contribution >= 0.6 is 0 Å². The third kappa shape index (κ3) is 3.39. The summed E-state index contributed by atoms with van der Waals surface area (Å²) < 4.78 is 15.9.